The van der Waals surface area contributed by atoms with E-state index < -0.39 is 0 Å². The lowest BCUT2D eigenvalue weighted by atomic mass is 10.1. The third-order valence-electron chi connectivity index (χ3n) is 3.83. The van der Waals surface area contributed by atoms with Gasteiger partial charge in [0, 0.05) is 18.2 Å². The zero-order valence-corrected chi connectivity index (χ0v) is 12.6. The van der Waals surface area contributed by atoms with Crippen molar-refractivity contribution in [1.29, 1.82) is 0 Å². The number of hydrogen-bond donors (Lipinski definition) is 0. The van der Waals surface area contributed by atoms with E-state index >= 15 is 0 Å². The molecule has 0 aliphatic rings. The molecule has 2 aromatic heterocycles. The second-order valence-corrected chi connectivity index (χ2v) is 5.45. The Balaban J connectivity index is 1.74. The third kappa shape index (κ3) is 2.28. The molecule has 5 nitrogen and oxygen atoms in total. The Morgan fingerprint density at radius 2 is 1.91 bits per heavy atom. The number of imidazole rings is 1. The van der Waals surface area contributed by atoms with Crippen LogP contribution in [0.25, 0.3) is 33.9 Å². The molecule has 2 aromatic carbocycles. The van der Waals surface area contributed by atoms with Gasteiger partial charge in [-0.1, -0.05) is 17.3 Å². The number of aromatic nitrogens is 4. The molecule has 0 radical (unpaired) electrons. The normalized spacial score (nSPS) is 11.3. The quantitative estimate of drug-likeness (QED) is 0.566. The maximum atomic E-state index is 13.7. The molecule has 0 aliphatic carbocycles. The number of hydrogen-bond acceptors (Lipinski definition) is 4. The lowest BCUT2D eigenvalue weighted by molar-refractivity contribution is 0.432. The minimum atomic E-state index is -0.288. The maximum Gasteiger partial charge on any atom is 0.258 e. The minimum Gasteiger partial charge on any atom is -0.334 e. The second-order valence-electron chi connectivity index (χ2n) is 5.45. The van der Waals surface area contributed by atoms with Gasteiger partial charge in [0.1, 0.15) is 5.82 Å². The van der Waals surface area contributed by atoms with Crippen LogP contribution in [0.15, 0.2) is 47.2 Å². The average Bonchev–Trinajstić information content (AvgIpc) is 3.17. The smallest absolute Gasteiger partial charge is 0.258 e. The fourth-order valence-corrected chi connectivity index (χ4v) is 2.46. The van der Waals surface area contributed by atoms with Crippen molar-refractivity contribution < 1.29 is 8.91 Å². The summed E-state index contributed by atoms with van der Waals surface area (Å²) in [6.45, 7) is 1.71. The van der Waals surface area contributed by atoms with Crippen LogP contribution in [0.1, 0.15) is 5.56 Å². The van der Waals surface area contributed by atoms with Gasteiger partial charge in [-0.05, 0) is 36.8 Å². The van der Waals surface area contributed by atoms with Crippen LogP contribution in [0.5, 0.6) is 0 Å². The Kier molecular flexibility index (Phi) is 2.97. The molecule has 0 N–H and O–H groups in total. The van der Waals surface area contributed by atoms with Crippen molar-refractivity contribution in [2.24, 2.45) is 7.05 Å². The number of nitrogens with zero attached hydrogens (tertiary/aromatic N) is 4. The molecule has 0 fully saturated rings. The molecular formula is C17H13FN4O. The highest BCUT2D eigenvalue weighted by Gasteiger charge is 2.13. The van der Waals surface area contributed by atoms with Gasteiger partial charge in [-0.15, -0.1) is 0 Å². The fourth-order valence-electron chi connectivity index (χ4n) is 2.46. The molecule has 0 saturated carbocycles. The first-order valence-electron chi connectivity index (χ1n) is 7.13. The van der Waals surface area contributed by atoms with Crippen LogP contribution in [-0.2, 0) is 7.05 Å². The number of aryl methyl sites for hydroxylation is 2. The first-order valence-corrected chi connectivity index (χ1v) is 7.13. The average molecular weight is 308 g/mol. The Morgan fingerprint density at radius 3 is 2.74 bits per heavy atom. The maximum absolute atomic E-state index is 13.7. The number of benzene rings is 2. The molecule has 4 rings (SSSR count). The van der Waals surface area contributed by atoms with Crippen LogP contribution < -0.4 is 0 Å². The molecule has 0 bridgehead atoms. The zero-order valence-electron chi connectivity index (χ0n) is 12.6. The molecule has 0 spiro atoms. The third-order valence-corrected chi connectivity index (χ3v) is 3.83. The van der Waals surface area contributed by atoms with Crippen molar-refractivity contribution >= 4 is 11.0 Å². The Morgan fingerprint density at radius 1 is 1.09 bits per heavy atom. The first kappa shape index (κ1) is 13.6. The summed E-state index contributed by atoms with van der Waals surface area (Å²) in [5.41, 5.74) is 3.82. The van der Waals surface area contributed by atoms with Gasteiger partial charge in [-0.3, -0.25) is 0 Å². The van der Waals surface area contributed by atoms with Gasteiger partial charge in [-0.25, -0.2) is 9.37 Å². The second kappa shape index (κ2) is 5.01. The van der Waals surface area contributed by atoms with E-state index in [0.29, 0.717) is 22.8 Å². The molecule has 0 amide bonds. The zero-order chi connectivity index (χ0) is 16.0. The van der Waals surface area contributed by atoms with E-state index in [-0.39, 0.29) is 5.82 Å². The first-order chi connectivity index (χ1) is 11.1. The summed E-state index contributed by atoms with van der Waals surface area (Å²) in [5.74, 6) is 0.456. The van der Waals surface area contributed by atoms with Crippen LogP contribution in [0.2, 0.25) is 0 Å². The molecule has 23 heavy (non-hydrogen) atoms. The van der Waals surface area contributed by atoms with E-state index in [1.165, 1.54) is 6.07 Å². The summed E-state index contributed by atoms with van der Waals surface area (Å²) >= 11 is 0. The summed E-state index contributed by atoms with van der Waals surface area (Å²) in [4.78, 5) is 8.67. The molecular weight excluding hydrogens is 295 g/mol. The van der Waals surface area contributed by atoms with E-state index in [4.69, 9.17) is 4.52 Å². The van der Waals surface area contributed by atoms with Gasteiger partial charge in [0.05, 0.1) is 17.4 Å². The highest BCUT2D eigenvalue weighted by molar-refractivity contribution is 5.80. The van der Waals surface area contributed by atoms with Gasteiger partial charge in [0.15, 0.2) is 0 Å². The van der Waals surface area contributed by atoms with Crippen LogP contribution in [0.4, 0.5) is 4.39 Å². The van der Waals surface area contributed by atoms with Crippen molar-refractivity contribution in [1.82, 2.24) is 19.7 Å². The monoisotopic (exact) mass is 308 g/mol. The lowest BCUT2D eigenvalue weighted by Gasteiger charge is -1.98. The predicted octanol–water partition coefficient (Wildman–Crippen LogP) is 3.74. The van der Waals surface area contributed by atoms with Crippen molar-refractivity contribution in [2.75, 3.05) is 0 Å². The molecule has 6 heteroatoms. The van der Waals surface area contributed by atoms with E-state index in [1.807, 2.05) is 29.8 Å². The van der Waals surface area contributed by atoms with E-state index in [9.17, 15) is 4.39 Å². The summed E-state index contributed by atoms with van der Waals surface area (Å²) in [7, 11) is 1.94. The van der Waals surface area contributed by atoms with Gasteiger partial charge in [0.2, 0.25) is 5.82 Å². The van der Waals surface area contributed by atoms with Gasteiger partial charge in [0.25, 0.3) is 5.89 Å². The highest BCUT2D eigenvalue weighted by Crippen LogP contribution is 2.25. The summed E-state index contributed by atoms with van der Waals surface area (Å²) in [6, 6.07) is 10.6. The summed E-state index contributed by atoms with van der Waals surface area (Å²) in [5, 5.41) is 3.94. The molecule has 114 valence electrons. The van der Waals surface area contributed by atoms with Crippen LogP contribution in [0, 0.1) is 12.7 Å². The Labute approximate surface area is 131 Å². The lowest BCUT2D eigenvalue weighted by Crippen LogP contribution is -1.86. The number of halogens is 1. The van der Waals surface area contributed by atoms with E-state index in [0.717, 1.165) is 16.6 Å². The molecule has 4 aromatic rings. The van der Waals surface area contributed by atoms with Crippen molar-refractivity contribution in [3.05, 3.63) is 54.1 Å². The van der Waals surface area contributed by atoms with E-state index in [2.05, 4.69) is 15.1 Å². The largest absolute Gasteiger partial charge is 0.334 e. The molecule has 0 atom stereocenters. The number of fused-ring (bicyclic) bond motifs is 1. The Hall–Kier alpha value is -3.02. The Bertz CT molecular complexity index is 1020. The van der Waals surface area contributed by atoms with Gasteiger partial charge >= 0.3 is 0 Å². The number of rotatable bonds is 2. The molecule has 0 saturated heterocycles. The van der Waals surface area contributed by atoms with Gasteiger partial charge < -0.3 is 9.09 Å². The summed E-state index contributed by atoms with van der Waals surface area (Å²) in [6.07, 6.45) is 1.75. The van der Waals surface area contributed by atoms with Crippen molar-refractivity contribution in [2.45, 2.75) is 6.92 Å². The van der Waals surface area contributed by atoms with Crippen molar-refractivity contribution in [3.8, 4) is 22.8 Å². The van der Waals surface area contributed by atoms with Crippen LogP contribution >= 0.6 is 0 Å². The van der Waals surface area contributed by atoms with Crippen LogP contribution in [0.3, 0.4) is 0 Å². The standard InChI is InChI=1S/C17H13FN4O/c1-10-3-4-11(7-13(10)18)16-20-17(23-21-16)12-5-6-15-14(8-12)19-9-22(15)2/h3-9H,1-2H3. The molecule has 0 aliphatic heterocycles. The van der Waals surface area contributed by atoms with Crippen molar-refractivity contribution in [3.63, 3.8) is 0 Å². The topological polar surface area (TPSA) is 56.7 Å². The minimum absolute atomic E-state index is 0.288. The molecule has 0 unspecified atom stereocenters. The fraction of sp³-hybridized carbons (Fsp3) is 0.118. The van der Waals surface area contributed by atoms with E-state index in [1.54, 1.807) is 25.4 Å². The SMILES string of the molecule is Cc1ccc(-c2noc(-c3ccc4c(c3)ncn4C)n2)cc1F. The van der Waals surface area contributed by atoms with Gasteiger partial charge in [-0.2, -0.15) is 4.98 Å². The summed E-state index contributed by atoms with van der Waals surface area (Å²) < 4.78 is 20.9. The highest BCUT2D eigenvalue weighted by atomic mass is 19.1. The molecule has 2 heterocycles. The van der Waals surface area contributed by atoms with Crippen LogP contribution in [-0.4, -0.2) is 19.7 Å². The predicted molar refractivity (Wildman–Crippen MR) is 84.1 cm³/mol.